The number of likely N-dealkylation sites (N-methyl/N-ethyl adjacent to an activating group) is 2. The highest BCUT2D eigenvalue weighted by atomic mass is 16.2. The summed E-state index contributed by atoms with van der Waals surface area (Å²) in [5.74, 6) is 0.251. The minimum Gasteiger partial charge on any atom is -0.340 e. The summed E-state index contributed by atoms with van der Waals surface area (Å²) >= 11 is 0. The quantitative estimate of drug-likeness (QED) is 0.605. The molecule has 1 saturated heterocycles. The lowest BCUT2D eigenvalue weighted by atomic mass is 9.99. The van der Waals surface area contributed by atoms with Gasteiger partial charge in [0.15, 0.2) is 0 Å². The van der Waals surface area contributed by atoms with Crippen LogP contribution in [0.4, 0.5) is 0 Å². The van der Waals surface area contributed by atoms with Crippen molar-refractivity contribution in [1.29, 1.82) is 0 Å². The SMILES string of the molecule is CN1CCC1C(=O)N(C)C(C)(C)C. The van der Waals surface area contributed by atoms with Crippen molar-refractivity contribution in [3.8, 4) is 0 Å². The molecular weight excluding hydrogens is 164 g/mol. The van der Waals surface area contributed by atoms with E-state index in [0.29, 0.717) is 0 Å². The van der Waals surface area contributed by atoms with Crippen LogP contribution in [0.3, 0.4) is 0 Å². The second-order valence-electron chi connectivity index (χ2n) is 4.85. The van der Waals surface area contributed by atoms with Crippen molar-refractivity contribution in [2.75, 3.05) is 20.6 Å². The van der Waals surface area contributed by atoms with Gasteiger partial charge >= 0.3 is 0 Å². The normalized spacial score (nSPS) is 23.9. The zero-order valence-electron chi connectivity index (χ0n) is 9.29. The van der Waals surface area contributed by atoms with Crippen LogP contribution in [0.1, 0.15) is 27.2 Å². The van der Waals surface area contributed by atoms with E-state index in [2.05, 4.69) is 25.7 Å². The second kappa shape index (κ2) is 3.29. The fraction of sp³-hybridized carbons (Fsp3) is 0.900. The first-order valence-electron chi connectivity index (χ1n) is 4.82. The van der Waals surface area contributed by atoms with Crippen molar-refractivity contribution in [2.24, 2.45) is 0 Å². The highest BCUT2D eigenvalue weighted by molar-refractivity contribution is 5.83. The van der Waals surface area contributed by atoms with E-state index in [1.165, 1.54) is 0 Å². The third-order valence-electron chi connectivity index (χ3n) is 2.91. The summed E-state index contributed by atoms with van der Waals surface area (Å²) in [7, 11) is 3.89. The third-order valence-corrected chi connectivity index (χ3v) is 2.91. The standard InChI is InChI=1S/C10H20N2O/c1-10(2,3)12(5)9(13)8-6-7-11(8)4/h8H,6-7H2,1-5H3. The van der Waals surface area contributed by atoms with Crippen LogP contribution in [0.25, 0.3) is 0 Å². The number of amides is 1. The molecule has 1 heterocycles. The summed E-state index contributed by atoms with van der Waals surface area (Å²) < 4.78 is 0. The number of carbonyl (C=O) groups excluding carboxylic acids is 1. The lowest BCUT2D eigenvalue weighted by Gasteiger charge is -2.42. The number of hydrogen-bond acceptors (Lipinski definition) is 2. The van der Waals surface area contributed by atoms with E-state index >= 15 is 0 Å². The molecule has 3 nitrogen and oxygen atoms in total. The van der Waals surface area contributed by atoms with Gasteiger partial charge in [0, 0.05) is 19.1 Å². The summed E-state index contributed by atoms with van der Waals surface area (Å²) in [4.78, 5) is 15.8. The van der Waals surface area contributed by atoms with E-state index in [-0.39, 0.29) is 17.5 Å². The predicted octanol–water partition coefficient (Wildman–Crippen LogP) is 0.947. The summed E-state index contributed by atoms with van der Waals surface area (Å²) in [6, 6.07) is 0.129. The van der Waals surface area contributed by atoms with Crippen molar-refractivity contribution in [3.63, 3.8) is 0 Å². The maximum Gasteiger partial charge on any atom is 0.240 e. The summed E-state index contributed by atoms with van der Waals surface area (Å²) in [6.45, 7) is 7.23. The van der Waals surface area contributed by atoms with Crippen LogP contribution in [0.15, 0.2) is 0 Å². The van der Waals surface area contributed by atoms with E-state index in [0.717, 1.165) is 13.0 Å². The molecule has 1 aliphatic rings. The van der Waals surface area contributed by atoms with Gasteiger partial charge in [-0.05, 0) is 34.2 Å². The minimum atomic E-state index is -0.0620. The monoisotopic (exact) mass is 184 g/mol. The molecule has 1 unspecified atom stereocenters. The minimum absolute atomic E-state index is 0.0620. The van der Waals surface area contributed by atoms with Crippen molar-refractivity contribution >= 4 is 5.91 Å². The molecule has 0 aromatic carbocycles. The number of rotatable bonds is 1. The number of hydrogen-bond donors (Lipinski definition) is 0. The molecule has 0 aliphatic carbocycles. The Morgan fingerprint density at radius 2 is 2.00 bits per heavy atom. The van der Waals surface area contributed by atoms with Crippen LogP contribution in [-0.4, -0.2) is 47.9 Å². The maximum absolute atomic E-state index is 11.9. The van der Waals surface area contributed by atoms with Crippen LogP contribution >= 0.6 is 0 Å². The summed E-state index contributed by atoms with van der Waals surface area (Å²) in [5, 5.41) is 0. The molecule has 0 spiro atoms. The molecule has 1 rings (SSSR count). The van der Waals surface area contributed by atoms with E-state index in [4.69, 9.17) is 0 Å². The lowest BCUT2D eigenvalue weighted by molar-refractivity contribution is -0.143. The lowest BCUT2D eigenvalue weighted by Crippen LogP contribution is -2.57. The van der Waals surface area contributed by atoms with Gasteiger partial charge in [-0.2, -0.15) is 0 Å². The highest BCUT2D eigenvalue weighted by Gasteiger charge is 2.35. The Morgan fingerprint density at radius 1 is 1.46 bits per heavy atom. The number of nitrogens with zero attached hydrogens (tertiary/aromatic N) is 2. The van der Waals surface area contributed by atoms with Gasteiger partial charge in [-0.1, -0.05) is 0 Å². The van der Waals surface area contributed by atoms with Gasteiger partial charge in [-0.25, -0.2) is 0 Å². The Bertz CT molecular complexity index is 207. The van der Waals surface area contributed by atoms with Crippen LogP contribution < -0.4 is 0 Å². The predicted molar refractivity (Wildman–Crippen MR) is 53.6 cm³/mol. The van der Waals surface area contributed by atoms with Gasteiger partial charge in [-0.15, -0.1) is 0 Å². The first-order chi connectivity index (χ1) is 5.84. The van der Waals surface area contributed by atoms with Crippen molar-refractivity contribution in [2.45, 2.75) is 38.8 Å². The average Bonchev–Trinajstić information content (AvgIpc) is 1.98. The smallest absolute Gasteiger partial charge is 0.240 e. The summed E-state index contributed by atoms with van der Waals surface area (Å²) in [6.07, 6.45) is 1.01. The molecule has 1 aliphatic heterocycles. The fourth-order valence-electron chi connectivity index (χ4n) is 1.38. The third kappa shape index (κ3) is 2.02. The maximum atomic E-state index is 11.9. The molecule has 1 fully saturated rings. The molecule has 0 aromatic heterocycles. The molecule has 0 N–H and O–H groups in total. The van der Waals surface area contributed by atoms with Crippen LogP contribution in [0, 0.1) is 0 Å². The molecule has 76 valence electrons. The molecular formula is C10H20N2O. The molecule has 3 heteroatoms. The molecule has 0 saturated carbocycles. The van der Waals surface area contributed by atoms with Gasteiger partial charge in [0.05, 0.1) is 6.04 Å². The number of likely N-dealkylation sites (tertiary alicyclic amines) is 1. The Balaban J connectivity index is 2.57. The van der Waals surface area contributed by atoms with Crippen LogP contribution in [0.2, 0.25) is 0 Å². The van der Waals surface area contributed by atoms with E-state index in [9.17, 15) is 4.79 Å². The molecule has 1 amide bonds. The molecule has 13 heavy (non-hydrogen) atoms. The Labute approximate surface area is 80.7 Å². The van der Waals surface area contributed by atoms with Crippen molar-refractivity contribution < 1.29 is 4.79 Å². The molecule has 0 bridgehead atoms. The van der Waals surface area contributed by atoms with Crippen LogP contribution in [-0.2, 0) is 4.79 Å². The topological polar surface area (TPSA) is 23.6 Å². The van der Waals surface area contributed by atoms with Gasteiger partial charge in [0.2, 0.25) is 5.91 Å². The van der Waals surface area contributed by atoms with Gasteiger partial charge < -0.3 is 4.90 Å². The molecule has 0 radical (unpaired) electrons. The summed E-state index contributed by atoms with van der Waals surface area (Å²) in [5.41, 5.74) is -0.0620. The van der Waals surface area contributed by atoms with Crippen molar-refractivity contribution in [1.82, 2.24) is 9.80 Å². The van der Waals surface area contributed by atoms with E-state index in [1.54, 1.807) is 0 Å². The van der Waals surface area contributed by atoms with Crippen LogP contribution in [0.5, 0.6) is 0 Å². The van der Waals surface area contributed by atoms with Crippen molar-refractivity contribution in [3.05, 3.63) is 0 Å². The first-order valence-corrected chi connectivity index (χ1v) is 4.82. The Hall–Kier alpha value is -0.570. The highest BCUT2D eigenvalue weighted by Crippen LogP contribution is 2.20. The molecule has 1 atom stereocenters. The van der Waals surface area contributed by atoms with Gasteiger partial charge in [-0.3, -0.25) is 9.69 Å². The average molecular weight is 184 g/mol. The number of carbonyl (C=O) groups is 1. The zero-order chi connectivity index (χ0) is 10.2. The van der Waals surface area contributed by atoms with E-state index < -0.39 is 0 Å². The molecule has 0 aromatic rings. The van der Waals surface area contributed by atoms with Gasteiger partial charge in [0.25, 0.3) is 0 Å². The second-order valence-corrected chi connectivity index (χ2v) is 4.85. The van der Waals surface area contributed by atoms with E-state index in [1.807, 2.05) is 19.0 Å². The first kappa shape index (κ1) is 10.5. The fourth-order valence-corrected chi connectivity index (χ4v) is 1.38. The Morgan fingerprint density at radius 3 is 2.23 bits per heavy atom. The Kier molecular flexibility index (Phi) is 2.66. The largest absolute Gasteiger partial charge is 0.340 e. The zero-order valence-corrected chi connectivity index (χ0v) is 9.29. The van der Waals surface area contributed by atoms with Gasteiger partial charge in [0.1, 0.15) is 0 Å².